The van der Waals surface area contributed by atoms with Crippen LogP contribution >= 0.6 is 0 Å². The lowest BCUT2D eigenvalue weighted by molar-refractivity contribution is -0.135. The topological polar surface area (TPSA) is 127 Å². The largest absolute Gasteiger partial charge is 0.364 e. The molecule has 3 N–H and O–H groups in total. The molecule has 0 saturated heterocycles. The Hall–Kier alpha value is -4.83. The molecule has 228 valence electrons. The summed E-state index contributed by atoms with van der Waals surface area (Å²) in [6, 6.07) is 20.7. The molecule has 10 heteroatoms. The average Bonchev–Trinajstić information content (AvgIpc) is 3.48. The van der Waals surface area contributed by atoms with E-state index >= 15 is 0 Å². The number of carbonyl (C=O) groups is 2. The number of aromatic nitrogens is 3. The van der Waals surface area contributed by atoms with Gasteiger partial charge in [0, 0.05) is 48.4 Å². The highest BCUT2D eigenvalue weighted by molar-refractivity contribution is 5.81. The fraction of sp³-hybridized carbons (Fsp3) is 0.324. The summed E-state index contributed by atoms with van der Waals surface area (Å²) in [7, 11) is 0. The molecular formula is C34H38N6O4. The van der Waals surface area contributed by atoms with Crippen LogP contribution in [0.15, 0.2) is 83.9 Å². The molecule has 1 unspecified atom stereocenters. The molecule has 1 aliphatic heterocycles. The second kappa shape index (κ2) is 14.1. The molecule has 0 radical (unpaired) electrons. The maximum Gasteiger partial charge on any atom is 0.294 e. The summed E-state index contributed by atoms with van der Waals surface area (Å²) in [6.07, 6.45) is 3.62. The van der Waals surface area contributed by atoms with Gasteiger partial charge < -0.3 is 20.7 Å². The van der Waals surface area contributed by atoms with E-state index in [4.69, 9.17) is 4.74 Å². The van der Waals surface area contributed by atoms with Crippen molar-refractivity contribution in [3.63, 3.8) is 0 Å². The first kappa shape index (κ1) is 30.6. The lowest BCUT2D eigenvalue weighted by atomic mass is 9.94. The number of anilines is 1. The number of ether oxygens (including phenoxy) is 1. The number of benzene rings is 2. The minimum Gasteiger partial charge on any atom is -0.364 e. The van der Waals surface area contributed by atoms with Gasteiger partial charge in [-0.15, -0.1) is 0 Å². The highest BCUT2D eigenvalue weighted by Crippen LogP contribution is 2.27. The molecule has 1 aliphatic rings. The number of likely N-dealkylation sites (N-methyl/N-ethyl adjacent to an activating group) is 1. The zero-order chi connectivity index (χ0) is 31.1. The monoisotopic (exact) mass is 594 g/mol. The van der Waals surface area contributed by atoms with Crippen molar-refractivity contribution in [2.75, 3.05) is 25.0 Å². The molecule has 3 atom stereocenters. The molecule has 0 bridgehead atoms. The zero-order valence-corrected chi connectivity index (χ0v) is 25.2. The lowest BCUT2D eigenvalue weighted by Gasteiger charge is -2.23. The first-order valence-corrected chi connectivity index (χ1v) is 14.9. The summed E-state index contributed by atoms with van der Waals surface area (Å²) in [5.74, 6) is -0.598. The fourth-order valence-corrected chi connectivity index (χ4v) is 5.37. The number of pyridine rings is 1. The maximum atomic E-state index is 13.8. The van der Waals surface area contributed by atoms with Gasteiger partial charge in [-0.2, -0.15) is 0 Å². The quantitative estimate of drug-likeness (QED) is 0.212. The molecule has 5 rings (SSSR count). The predicted molar refractivity (Wildman–Crippen MR) is 168 cm³/mol. The van der Waals surface area contributed by atoms with Gasteiger partial charge >= 0.3 is 0 Å². The first-order valence-electron chi connectivity index (χ1n) is 14.9. The molecule has 0 spiro atoms. The maximum absolute atomic E-state index is 13.8. The Bertz CT molecular complexity index is 1590. The second-order valence-corrected chi connectivity index (χ2v) is 11.0. The Morgan fingerprint density at radius 2 is 1.70 bits per heavy atom. The summed E-state index contributed by atoms with van der Waals surface area (Å²) in [4.78, 5) is 48.5. The number of hydrogen-bond acceptors (Lipinski definition) is 7. The van der Waals surface area contributed by atoms with Crippen LogP contribution in [0.4, 0.5) is 5.82 Å². The van der Waals surface area contributed by atoms with Crippen LogP contribution in [-0.4, -0.2) is 46.0 Å². The predicted octanol–water partition coefficient (Wildman–Crippen LogP) is 3.95. The normalized spacial score (nSPS) is 15.2. The number of nitrogens with zero attached hydrogens (tertiary/aromatic N) is 3. The van der Waals surface area contributed by atoms with E-state index in [0.29, 0.717) is 37.2 Å². The van der Waals surface area contributed by atoms with Gasteiger partial charge in [-0.3, -0.25) is 23.9 Å². The number of fused-ring (bicyclic) bond motifs is 1. The third-order valence-corrected chi connectivity index (χ3v) is 7.74. The number of aryl methyl sites for hydroxylation is 3. The van der Waals surface area contributed by atoms with Crippen LogP contribution in [0.5, 0.6) is 0 Å². The van der Waals surface area contributed by atoms with Crippen LogP contribution in [0.1, 0.15) is 65.2 Å². The van der Waals surface area contributed by atoms with Crippen molar-refractivity contribution in [2.24, 2.45) is 0 Å². The van der Waals surface area contributed by atoms with Gasteiger partial charge in [-0.05, 0) is 50.8 Å². The Labute approximate surface area is 256 Å². The molecule has 4 aromatic rings. The van der Waals surface area contributed by atoms with Gasteiger partial charge in [0.15, 0.2) is 12.0 Å². The Kier molecular flexibility index (Phi) is 9.81. The van der Waals surface area contributed by atoms with Gasteiger partial charge in [-0.1, -0.05) is 66.2 Å². The third-order valence-electron chi connectivity index (χ3n) is 7.74. The van der Waals surface area contributed by atoms with Crippen LogP contribution in [0.2, 0.25) is 0 Å². The second-order valence-electron chi connectivity index (χ2n) is 11.0. The Balaban J connectivity index is 1.35. The van der Waals surface area contributed by atoms with E-state index in [1.807, 2.05) is 69.4 Å². The van der Waals surface area contributed by atoms with Crippen LogP contribution in [0.3, 0.4) is 0 Å². The molecular weight excluding hydrogens is 556 g/mol. The van der Waals surface area contributed by atoms with Gasteiger partial charge in [0.25, 0.3) is 5.56 Å². The van der Waals surface area contributed by atoms with E-state index in [-0.39, 0.29) is 35.7 Å². The molecule has 2 amide bonds. The minimum absolute atomic E-state index is 0.122. The van der Waals surface area contributed by atoms with Crippen molar-refractivity contribution in [2.45, 2.75) is 51.8 Å². The number of hydrogen-bond donors (Lipinski definition) is 3. The molecule has 2 aromatic heterocycles. The van der Waals surface area contributed by atoms with Crippen LogP contribution in [0, 0.1) is 13.8 Å². The Morgan fingerprint density at radius 3 is 2.41 bits per heavy atom. The third kappa shape index (κ3) is 7.20. The highest BCUT2D eigenvalue weighted by atomic mass is 16.5. The summed E-state index contributed by atoms with van der Waals surface area (Å²) in [6.45, 7) is 6.51. The lowest BCUT2D eigenvalue weighted by Crippen LogP contribution is -2.40. The van der Waals surface area contributed by atoms with Gasteiger partial charge in [-0.25, -0.2) is 4.98 Å². The summed E-state index contributed by atoms with van der Waals surface area (Å²) in [5.41, 5.74) is 5.19. The van der Waals surface area contributed by atoms with Crippen LogP contribution in [-0.2, 0) is 20.7 Å². The number of rotatable bonds is 12. The standard InChI is InChI=1S/C34H38N6O4/c1-4-35-30(41)21-44-33(25-8-6-5-7-9-25)39-32(42)29-17-15-26-19-37-31(34(43)40(26)29)38-20-27(24-13-10-22(2)11-14-24)28-16-12-23(3)18-36-28/h5-14,16,18-19,27,29,33H,4,15,17,20-21H2,1-3H3,(H,35,41)(H,37,38)(H,39,42)/t27-,29+,33?/m1/s1. The van der Waals surface area contributed by atoms with Gasteiger partial charge in [0.2, 0.25) is 11.8 Å². The Morgan fingerprint density at radius 1 is 0.955 bits per heavy atom. The van der Waals surface area contributed by atoms with E-state index in [2.05, 4.69) is 50.2 Å². The smallest absolute Gasteiger partial charge is 0.294 e. The SMILES string of the molecule is CCNC(=O)COC(NC(=O)[C@@H]1CCc2cnc(NC[C@H](c3ccc(C)cc3)c3ccc(C)cn3)c(=O)n21)c1ccccc1. The average molecular weight is 595 g/mol. The first-order chi connectivity index (χ1) is 21.3. The van der Waals surface area contributed by atoms with Gasteiger partial charge in [0.1, 0.15) is 12.6 Å². The van der Waals surface area contributed by atoms with Crippen LogP contribution < -0.4 is 21.5 Å². The van der Waals surface area contributed by atoms with E-state index < -0.39 is 12.3 Å². The molecule has 10 nitrogen and oxygen atoms in total. The van der Waals surface area contributed by atoms with Crippen molar-refractivity contribution in [3.8, 4) is 0 Å². The van der Waals surface area contributed by atoms with E-state index in [1.54, 1.807) is 6.20 Å². The van der Waals surface area contributed by atoms with Crippen molar-refractivity contribution in [3.05, 3.63) is 123 Å². The molecule has 3 heterocycles. The van der Waals surface area contributed by atoms with Crippen LogP contribution in [0.25, 0.3) is 0 Å². The van der Waals surface area contributed by atoms with Crippen molar-refractivity contribution in [1.29, 1.82) is 0 Å². The fourth-order valence-electron chi connectivity index (χ4n) is 5.37. The van der Waals surface area contributed by atoms with Crippen molar-refractivity contribution < 1.29 is 14.3 Å². The number of nitrogens with one attached hydrogen (secondary N) is 3. The van der Waals surface area contributed by atoms with Crippen molar-refractivity contribution >= 4 is 17.6 Å². The molecule has 44 heavy (non-hydrogen) atoms. The number of amides is 2. The highest BCUT2D eigenvalue weighted by Gasteiger charge is 2.32. The molecule has 0 saturated carbocycles. The summed E-state index contributed by atoms with van der Waals surface area (Å²) < 4.78 is 7.33. The van der Waals surface area contributed by atoms with Crippen molar-refractivity contribution in [1.82, 2.24) is 25.2 Å². The molecule has 2 aromatic carbocycles. The number of carbonyl (C=O) groups excluding carboxylic acids is 2. The van der Waals surface area contributed by atoms with E-state index in [0.717, 1.165) is 22.4 Å². The van der Waals surface area contributed by atoms with E-state index in [1.165, 1.54) is 4.57 Å². The minimum atomic E-state index is -0.859. The molecule has 0 aliphatic carbocycles. The zero-order valence-electron chi connectivity index (χ0n) is 25.2. The summed E-state index contributed by atoms with van der Waals surface area (Å²) >= 11 is 0. The summed E-state index contributed by atoms with van der Waals surface area (Å²) in [5, 5.41) is 8.86. The molecule has 0 fully saturated rings. The van der Waals surface area contributed by atoms with Gasteiger partial charge in [0.05, 0.1) is 0 Å². The van der Waals surface area contributed by atoms with E-state index in [9.17, 15) is 14.4 Å².